The number of fused-ring (bicyclic) bond motifs is 2. The molecule has 0 unspecified atom stereocenters. The molecule has 3 amide bonds. The van der Waals surface area contributed by atoms with Gasteiger partial charge in [0.1, 0.15) is 5.75 Å². The van der Waals surface area contributed by atoms with E-state index in [1.54, 1.807) is 18.2 Å². The van der Waals surface area contributed by atoms with Gasteiger partial charge in [-0.2, -0.15) is 0 Å². The third kappa shape index (κ3) is 4.60. The molecule has 0 radical (unpaired) electrons. The SMILES string of the molecule is Cc1ccc2c(c1)NC(=O)c1cc(NC(=O)NCCCc3ccccc3)ccc1O2. The summed E-state index contributed by atoms with van der Waals surface area (Å²) >= 11 is 0. The van der Waals surface area contributed by atoms with Crippen molar-refractivity contribution >= 4 is 23.3 Å². The molecule has 6 heteroatoms. The van der Waals surface area contributed by atoms with Crippen molar-refractivity contribution in [3.05, 3.63) is 83.4 Å². The van der Waals surface area contributed by atoms with E-state index in [1.165, 1.54) is 5.56 Å². The van der Waals surface area contributed by atoms with E-state index in [-0.39, 0.29) is 11.9 Å². The lowest BCUT2D eigenvalue weighted by atomic mass is 10.1. The maximum absolute atomic E-state index is 12.6. The molecule has 4 rings (SSSR count). The van der Waals surface area contributed by atoms with E-state index in [2.05, 4.69) is 28.1 Å². The highest BCUT2D eigenvalue weighted by molar-refractivity contribution is 6.09. The zero-order valence-electron chi connectivity index (χ0n) is 16.7. The van der Waals surface area contributed by atoms with Crippen LogP contribution in [-0.2, 0) is 6.42 Å². The molecule has 0 aliphatic carbocycles. The minimum atomic E-state index is -0.308. The Morgan fingerprint density at radius 3 is 2.63 bits per heavy atom. The zero-order chi connectivity index (χ0) is 20.9. The van der Waals surface area contributed by atoms with Gasteiger partial charge in [-0.3, -0.25) is 4.79 Å². The molecule has 0 aromatic heterocycles. The Bertz CT molecular complexity index is 1080. The van der Waals surface area contributed by atoms with Crippen LogP contribution in [0.5, 0.6) is 11.5 Å². The van der Waals surface area contributed by atoms with Gasteiger partial charge in [0.15, 0.2) is 5.75 Å². The minimum Gasteiger partial charge on any atom is -0.454 e. The van der Waals surface area contributed by atoms with Gasteiger partial charge >= 0.3 is 6.03 Å². The molecular formula is C24H23N3O3. The third-order valence-corrected chi connectivity index (χ3v) is 4.86. The van der Waals surface area contributed by atoms with E-state index in [0.717, 1.165) is 18.4 Å². The number of carbonyl (C=O) groups is 2. The van der Waals surface area contributed by atoms with Crippen molar-refractivity contribution in [2.24, 2.45) is 0 Å². The summed E-state index contributed by atoms with van der Waals surface area (Å²) in [7, 11) is 0. The first-order valence-electron chi connectivity index (χ1n) is 9.91. The number of aryl methyl sites for hydroxylation is 2. The number of carbonyl (C=O) groups excluding carboxylic acids is 2. The Hall–Kier alpha value is -3.80. The number of urea groups is 1. The molecule has 0 atom stereocenters. The summed E-state index contributed by atoms with van der Waals surface area (Å²) in [5.41, 5.74) is 3.78. The van der Waals surface area contributed by atoms with Crippen LogP contribution in [0.25, 0.3) is 0 Å². The van der Waals surface area contributed by atoms with E-state index >= 15 is 0 Å². The van der Waals surface area contributed by atoms with Crippen molar-refractivity contribution in [1.82, 2.24) is 5.32 Å². The van der Waals surface area contributed by atoms with Gasteiger partial charge in [-0.25, -0.2) is 4.79 Å². The molecule has 0 saturated heterocycles. The van der Waals surface area contributed by atoms with Crippen molar-refractivity contribution in [3.8, 4) is 11.5 Å². The Labute approximate surface area is 175 Å². The monoisotopic (exact) mass is 401 g/mol. The van der Waals surface area contributed by atoms with Gasteiger partial charge in [0.2, 0.25) is 0 Å². The molecule has 3 aromatic carbocycles. The van der Waals surface area contributed by atoms with Gasteiger partial charge in [0.05, 0.1) is 11.3 Å². The topological polar surface area (TPSA) is 79.5 Å². The number of rotatable bonds is 5. The van der Waals surface area contributed by atoms with Crippen molar-refractivity contribution < 1.29 is 14.3 Å². The van der Waals surface area contributed by atoms with Gasteiger partial charge in [-0.1, -0.05) is 36.4 Å². The van der Waals surface area contributed by atoms with E-state index in [9.17, 15) is 9.59 Å². The van der Waals surface area contributed by atoms with Gasteiger partial charge in [0, 0.05) is 12.2 Å². The normalized spacial score (nSPS) is 12.0. The molecule has 30 heavy (non-hydrogen) atoms. The molecule has 0 spiro atoms. The Balaban J connectivity index is 1.36. The largest absolute Gasteiger partial charge is 0.454 e. The smallest absolute Gasteiger partial charge is 0.319 e. The van der Waals surface area contributed by atoms with Gasteiger partial charge in [0.25, 0.3) is 5.91 Å². The molecule has 0 fully saturated rings. The number of benzene rings is 3. The highest BCUT2D eigenvalue weighted by Crippen LogP contribution is 2.37. The lowest BCUT2D eigenvalue weighted by molar-refractivity contribution is 0.102. The van der Waals surface area contributed by atoms with E-state index < -0.39 is 0 Å². The quantitative estimate of drug-likeness (QED) is 0.520. The summed E-state index contributed by atoms with van der Waals surface area (Å²) in [4.78, 5) is 24.8. The molecule has 3 aromatic rings. The number of amides is 3. The summed E-state index contributed by atoms with van der Waals surface area (Å²) in [6, 6.07) is 20.5. The standard InChI is InChI=1S/C24H23N3O3/c1-16-9-11-22-20(14-16)27-23(28)19-15-18(10-12-21(19)30-22)26-24(29)25-13-5-8-17-6-3-2-4-7-17/h2-4,6-7,9-12,14-15H,5,8,13H2,1H3,(H,27,28)(H2,25,26,29). The number of hydrogen-bond donors (Lipinski definition) is 3. The summed E-state index contributed by atoms with van der Waals surface area (Å²) < 4.78 is 5.90. The minimum absolute atomic E-state index is 0.277. The average molecular weight is 401 g/mol. The number of ether oxygens (including phenoxy) is 1. The first-order chi connectivity index (χ1) is 14.6. The van der Waals surface area contributed by atoms with Crippen molar-refractivity contribution in [3.63, 3.8) is 0 Å². The highest BCUT2D eigenvalue weighted by Gasteiger charge is 2.21. The fraction of sp³-hybridized carbons (Fsp3) is 0.167. The number of anilines is 2. The van der Waals surface area contributed by atoms with Crippen molar-refractivity contribution in [2.75, 3.05) is 17.2 Å². The third-order valence-electron chi connectivity index (χ3n) is 4.86. The van der Waals surface area contributed by atoms with Gasteiger partial charge < -0.3 is 20.7 Å². The van der Waals surface area contributed by atoms with Crippen molar-refractivity contribution in [2.45, 2.75) is 19.8 Å². The van der Waals surface area contributed by atoms with Crippen LogP contribution in [0.2, 0.25) is 0 Å². The fourth-order valence-corrected chi connectivity index (χ4v) is 3.33. The zero-order valence-corrected chi connectivity index (χ0v) is 16.7. The summed E-state index contributed by atoms with van der Waals surface area (Å²) in [6.07, 6.45) is 1.74. The van der Waals surface area contributed by atoms with E-state index in [4.69, 9.17) is 4.74 Å². The van der Waals surface area contributed by atoms with Crippen LogP contribution in [0.1, 0.15) is 27.9 Å². The second kappa shape index (κ2) is 8.69. The summed E-state index contributed by atoms with van der Waals surface area (Å²) in [5, 5.41) is 8.49. The molecule has 6 nitrogen and oxygen atoms in total. The Morgan fingerprint density at radius 1 is 1.00 bits per heavy atom. The molecule has 1 aliphatic heterocycles. The second-order valence-electron chi connectivity index (χ2n) is 7.24. The summed E-state index contributed by atoms with van der Waals surface area (Å²) in [6.45, 7) is 2.51. The van der Waals surface area contributed by atoms with Crippen LogP contribution in [0.3, 0.4) is 0 Å². The predicted molar refractivity (Wildman–Crippen MR) is 117 cm³/mol. The maximum atomic E-state index is 12.6. The molecule has 1 heterocycles. The first-order valence-corrected chi connectivity index (χ1v) is 9.91. The van der Waals surface area contributed by atoms with Gasteiger partial charge in [-0.05, 0) is 61.2 Å². The van der Waals surface area contributed by atoms with E-state index in [1.807, 2.05) is 43.3 Å². The number of hydrogen-bond acceptors (Lipinski definition) is 3. The molecule has 3 N–H and O–H groups in total. The van der Waals surface area contributed by atoms with Crippen LogP contribution in [0.15, 0.2) is 66.7 Å². The van der Waals surface area contributed by atoms with Crippen LogP contribution in [0, 0.1) is 6.92 Å². The lowest BCUT2D eigenvalue weighted by Crippen LogP contribution is -2.29. The molecular weight excluding hydrogens is 378 g/mol. The summed E-state index contributed by atoms with van der Waals surface area (Å²) in [5.74, 6) is 0.759. The molecule has 0 bridgehead atoms. The highest BCUT2D eigenvalue weighted by atomic mass is 16.5. The van der Waals surface area contributed by atoms with Crippen LogP contribution < -0.4 is 20.7 Å². The van der Waals surface area contributed by atoms with Gasteiger partial charge in [-0.15, -0.1) is 0 Å². The fourth-order valence-electron chi connectivity index (χ4n) is 3.33. The average Bonchev–Trinajstić information content (AvgIpc) is 2.87. The Morgan fingerprint density at radius 2 is 1.80 bits per heavy atom. The molecule has 152 valence electrons. The van der Waals surface area contributed by atoms with Crippen LogP contribution in [0.4, 0.5) is 16.2 Å². The molecule has 0 saturated carbocycles. The van der Waals surface area contributed by atoms with Crippen LogP contribution >= 0.6 is 0 Å². The Kier molecular flexibility index (Phi) is 5.66. The van der Waals surface area contributed by atoms with Crippen LogP contribution in [-0.4, -0.2) is 18.5 Å². The second-order valence-corrected chi connectivity index (χ2v) is 7.24. The lowest BCUT2D eigenvalue weighted by Gasteiger charge is -2.11. The molecule has 1 aliphatic rings. The van der Waals surface area contributed by atoms with Crippen molar-refractivity contribution in [1.29, 1.82) is 0 Å². The number of nitrogens with one attached hydrogen (secondary N) is 3. The van der Waals surface area contributed by atoms with E-state index in [0.29, 0.717) is 35.0 Å². The first kappa shape index (κ1) is 19.5. The predicted octanol–water partition coefficient (Wildman–Crippen LogP) is 5.11. The maximum Gasteiger partial charge on any atom is 0.319 e.